The van der Waals surface area contributed by atoms with E-state index in [-0.39, 0.29) is 6.03 Å². The van der Waals surface area contributed by atoms with Crippen molar-refractivity contribution in [3.05, 3.63) is 0 Å². The van der Waals surface area contributed by atoms with Gasteiger partial charge in [-0.25, -0.2) is 9.59 Å². The lowest BCUT2D eigenvalue weighted by atomic mass is 10.0. The highest BCUT2D eigenvalue weighted by molar-refractivity contribution is 5.82. The molecule has 0 aromatic heterocycles. The van der Waals surface area contributed by atoms with Crippen molar-refractivity contribution in [2.75, 3.05) is 13.1 Å². The highest BCUT2D eigenvalue weighted by Crippen LogP contribution is 2.10. The van der Waals surface area contributed by atoms with Gasteiger partial charge in [-0.05, 0) is 19.3 Å². The van der Waals surface area contributed by atoms with E-state index in [0.29, 0.717) is 25.4 Å². The fourth-order valence-corrected chi connectivity index (χ4v) is 1.79. The van der Waals surface area contributed by atoms with E-state index in [0.717, 1.165) is 12.8 Å². The first-order chi connectivity index (χ1) is 8.49. The number of rotatable bonds is 8. The third-order valence-corrected chi connectivity index (χ3v) is 3.31. The summed E-state index contributed by atoms with van der Waals surface area (Å²) in [5, 5.41) is 11.5. The average molecular weight is 258 g/mol. The predicted octanol–water partition coefficient (Wildman–Crippen LogP) is 2.32. The fraction of sp³-hybridized carbons (Fsp3) is 0.846. The second-order valence-corrected chi connectivity index (χ2v) is 4.47. The first-order valence-corrected chi connectivity index (χ1v) is 6.78. The Morgan fingerprint density at radius 2 is 1.67 bits per heavy atom. The number of hydrogen-bond acceptors (Lipinski definition) is 2. The highest BCUT2D eigenvalue weighted by atomic mass is 16.4. The summed E-state index contributed by atoms with van der Waals surface area (Å²) in [5.41, 5.74) is 0. The maximum atomic E-state index is 12.0. The normalized spacial score (nSPS) is 12.3. The van der Waals surface area contributed by atoms with E-state index in [1.165, 1.54) is 0 Å². The first-order valence-electron chi connectivity index (χ1n) is 6.78. The molecule has 0 fully saturated rings. The standard InChI is InChI=1S/C13H26N2O3/c1-5-10(6-2)9-15(8-4)13(18)14-11(7-3)12(16)17/h10-11H,5-9H2,1-4H3,(H,14,18)(H,16,17). The van der Waals surface area contributed by atoms with E-state index >= 15 is 0 Å². The maximum Gasteiger partial charge on any atom is 0.326 e. The second-order valence-electron chi connectivity index (χ2n) is 4.47. The average Bonchev–Trinajstić information content (AvgIpc) is 2.36. The van der Waals surface area contributed by atoms with E-state index in [9.17, 15) is 9.59 Å². The zero-order valence-electron chi connectivity index (χ0n) is 11.9. The Morgan fingerprint density at radius 1 is 1.11 bits per heavy atom. The number of nitrogens with zero attached hydrogens (tertiary/aromatic N) is 1. The van der Waals surface area contributed by atoms with Crippen LogP contribution >= 0.6 is 0 Å². The fourth-order valence-electron chi connectivity index (χ4n) is 1.79. The topological polar surface area (TPSA) is 69.6 Å². The smallest absolute Gasteiger partial charge is 0.326 e. The molecule has 0 rings (SSSR count). The summed E-state index contributed by atoms with van der Waals surface area (Å²) in [6, 6.07) is -1.08. The van der Waals surface area contributed by atoms with Gasteiger partial charge in [0.15, 0.2) is 0 Å². The summed E-state index contributed by atoms with van der Waals surface area (Å²) in [4.78, 5) is 24.5. The molecule has 0 heterocycles. The number of amides is 2. The molecule has 5 nitrogen and oxygen atoms in total. The lowest BCUT2D eigenvalue weighted by Crippen LogP contribution is -2.48. The number of urea groups is 1. The Bertz CT molecular complexity index is 265. The Balaban J connectivity index is 4.46. The van der Waals surface area contributed by atoms with Crippen LogP contribution in [0.1, 0.15) is 47.0 Å². The number of carbonyl (C=O) groups excluding carboxylic acids is 1. The van der Waals surface area contributed by atoms with Crippen LogP contribution in [0, 0.1) is 5.92 Å². The van der Waals surface area contributed by atoms with E-state index in [1.54, 1.807) is 11.8 Å². The summed E-state index contributed by atoms with van der Waals surface area (Å²) in [7, 11) is 0. The van der Waals surface area contributed by atoms with E-state index in [1.807, 2.05) is 6.92 Å². The molecule has 0 aliphatic heterocycles. The Hall–Kier alpha value is -1.26. The quantitative estimate of drug-likeness (QED) is 0.702. The molecular weight excluding hydrogens is 232 g/mol. The highest BCUT2D eigenvalue weighted by Gasteiger charge is 2.21. The van der Waals surface area contributed by atoms with Crippen LogP contribution < -0.4 is 5.32 Å². The summed E-state index contributed by atoms with van der Waals surface area (Å²) in [6.45, 7) is 9.14. The predicted molar refractivity (Wildman–Crippen MR) is 71.6 cm³/mol. The molecule has 1 unspecified atom stereocenters. The first kappa shape index (κ1) is 16.7. The number of carboxylic acid groups (broad SMARTS) is 1. The molecule has 0 aliphatic rings. The minimum absolute atomic E-state index is 0.279. The molecule has 106 valence electrons. The van der Waals surface area contributed by atoms with Crippen molar-refractivity contribution in [2.45, 2.75) is 53.0 Å². The molecule has 0 aromatic carbocycles. The molecule has 0 saturated heterocycles. The summed E-state index contributed by atoms with van der Waals surface area (Å²) >= 11 is 0. The van der Waals surface area contributed by atoms with Gasteiger partial charge >= 0.3 is 12.0 Å². The Labute approximate surface area is 110 Å². The van der Waals surface area contributed by atoms with Gasteiger partial charge in [0.2, 0.25) is 0 Å². The van der Waals surface area contributed by atoms with Crippen LogP contribution in [0.5, 0.6) is 0 Å². The molecule has 0 aromatic rings. The largest absolute Gasteiger partial charge is 0.480 e. The van der Waals surface area contributed by atoms with E-state index < -0.39 is 12.0 Å². The van der Waals surface area contributed by atoms with E-state index in [2.05, 4.69) is 19.2 Å². The van der Waals surface area contributed by atoms with Gasteiger partial charge in [0.05, 0.1) is 0 Å². The van der Waals surface area contributed by atoms with Crippen LogP contribution in [0.25, 0.3) is 0 Å². The van der Waals surface area contributed by atoms with Gasteiger partial charge < -0.3 is 15.3 Å². The van der Waals surface area contributed by atoms with Crippen molar-refractivity contribution >= 4 is 12.0 Å². The van der Waals surface area contributed by atoms with Crippen molar-refractivity contribution < 1.29 is 14.7 Å². The number of hydrogen-bond donors (Lipinski definition) is 2. The van der Waals surface area contributed by atoms with Crippen molar-refractivity contribution in [1.82, 2.24) is 10.2 Å². The third-order valence-electron chi connectivity index (χ3n) is 3.31. The second kappa shape index (κ2) is 8.78. The van der Waals surface area contributed by atoms with Crippen LogP contribution in [0.4, 0.5) is 4.79 Å². The van der Waals surface area contributed by atoms with Gasteiger partial charge in [-0.2, -0.15) is 0 Å². The van der Waals surface area contributed by atoms with Crippen LogP contribution in [-0.2, 0) is 4.79 Å². The Morgan fingerprint density at radius 3 is 2.00 bits per heavy atom. The lowest BCUT2D eigenvalue weighted by molar-refractivity contribution is -0.139. The molecule has 0 aliphatic carbocycles. The monoisotopic (exact) mass is 258 g/mol. The van der Waals surface area contributed by atoms with Gasteiger partial charge in [0.25, 0.3) is 0 Å². The van der Waals surface area contributed by atoms with Crippen LogP contribution in [0.15, 0.2) is 0 Å². The molecule has 0 bridgehead atoms. The van der Waals surface area contributed by atoms with Gasteiger partial charge in [0.1, 0.15) is 6.04 Å². The van der Waals surface area contributed by atoms with Crippen molar-refractivity contribution in [3.8, 4) is 0 Å². The van der Waals surface area contributed by atoms with Crippen LogP contribution in [0.3, 0.4) is 0 Å². The molecule has 2 N–H and O–H groups in total. The number of aliphatic carboxylic acids is 1. The molecule has 5 heteroatoms. The van der Waals surface area contributed by atoms with Crippen LogP contribution in [0.2, 0.25) is 0 Å². The van der Waals surface area contributed by atoms with Gasteiger partial charge in [-0.1, -0.05) is 33.6 Å². The van der Waals surface area contributed by atoms with E-state index in [4.69, 9.17) is 5.11 Å². The number of carboxylic acids is 1. The van der Waals surface area contributed by atoms with Gasteiger partial charge in [-0.15, -0.1) is 0 Å². The molecule has 0 radical (unpaired) electrons. The van der Waals surface area contributed by atoms with Crippen molar-refractivity contribution in [1.29, 1.82) is 0 Å². The third kappa shape index (κ3) is 5.38. The molecule has 0 saturated carbocycles. The van der Waals surface area contributed by atoms with Gasteiger partial charge in [-0.3, -0.25) is 0 Å². The molecule has 1 atom stereocenters. The molecule has 18 heavy (non-hydrogen) atoms. The minimum Gasteiger partial charge on any atom is -0.480 e. The number of carbonyl (C=O) groups is 2. The molecule has 0 spiro atoms. The van der Waals surface area contributed by atoms with Crippen molar-refractivity contribution in [3.63, 3.8) is 0 Å². The molecule has 2 amide bonds. The maximum absolute atomic E-state index is 12.0. The zero-order chi connectivity index (χ0) is 14.1. The number of nitrogens with one attached hydrogen (secondary N) is 1. The summed E-state index contributed by atoms with van der Waals surface area (Å²) in [6.07, 6.45) is 2.44. The SMILES string of the molecule is CCC(CC)CN(CC)C(=O)NC(CC)C(=O)O. The molecular formula is C13H26N2O3. The summed E-state index contributed by atoms with van der Waals surface area (Å²) in [5.74, 6) is -0.509. The van der Waals surface area contributed by atoms with Crippen LogP contribution in [-0.4, -0.2) is 41.1 Å². The van der Waals surface area contributed by atoms with Gasteiger partial charge in [0, 0.05) is 13.1 Å². The Kier molecular flexibility index (Phi) is 8.16. The summed E-state index contributed by atoms with van der Waals surface area (Å²) < 4.78 is 0. The lowest BCUT2D eigenvalue weighted by Gasteiger charge is -2.27. The van der Waals surface area contributed by atoms with Crippen molar-refractivity contribution in [2.24, 2.45) is 5.92 Å². The minimum atomic E-state index is -0.982. The zero-order valence-corrected chi connectivity index (χ0v) is 11.9.